The number of ether oxygens (including phenoxy) is 2. The van der Waals surface area contributed by atoms with Crippen molar-refractivity contribution >= 4 is 33.5 Å². The van der Waals surface area contributed by atoms with Gasteiger partial charge in [-0.05, 0) is 28.8 Å². The zero-order chi connectivity index (χ0) is 20.9. The summed E-state index contributed by atoms with van der Waals surface area (Å²) in [6.07, 6.45) is 1.47. The van der Waals surface area contributed by atoms with E-state index in [1.54, 1.807) is 12.1 Å². The Hall–Kier alpha value is -3.57. The number of aromatic nitrogens is 1. The Morgan fingerprint density at radius 3 is 1.87 bits per heavy atom. The second-order valence-electron chi connectivity index (χ2n) is 6.70. The molecular formula is C24H18ClNO4. The van der Waals surface area contributed by atoms with Crippen LogP contribution in [0.1, 0.15) is 21.5 Å². The highest BCUT2D eigenvalue weighted by Crippen LogP contribution is 2.35. The highest BCUT2D eigenvalue weighted by atomic mass is 35.5. The first-order chi connectivity index (χ1) is 14.6. The lowest BCUT2D eigenvalue weighted by Crippen LogP contribution is -2.06. The number of hydrogen-bond donors (Lipinski definition) is 1. The number of rotatable bonds is 8. The number of nitrogens with one attached hydrogen (secondary N) is 1. The SMILES string of the molecule is O=C(Cl)C(=O)c1c[nH]c2cc(OCc3ccccc3)c(OCc3ccccc3)cc12. The van der Waals surface area contributed by atoms with E-state index in [1.165, 1.54) is 6.20 Å². The van der Waals surface area contributed by atoms with Crippen molar-refractivity contribution < 1.29 is 19.1 Å². The van der Waals surface area contributed by atoms with Gasteiger partial charge in [-0.25, -0.2) is 0 Å². The highest BCUT2D eigenvalue weighted by molar-refractivity contribution is 6.83. The molecule has 0 radical (unpaired) electrons. The summed E-state index contributed by atoms with van der Waals surface area (Å²) >= 11 is 5.39. The predicted octanol–water partition coefficient (Wildman–Crippen LogP) is 5.27. The molecule has 0 unspecified atom stereocenters. The Bertz CT molecular complexity index is 1190. The number of carbonyl (C=O) groups is 2. The standard InChI is InChI=1S/C24H18ClNO4/c25-24(28)23(27)19-13-26-20-12-22(30-15-17-9-5-2-6-10-17)21(11-18(19)20)29-14-16-7-3-1-4-8-16/h1-13,26H,14-15H2. The zero-order valence-electron chi connectivity index (χ0n) is 15.9. The van der Waals surface area contributed by atoms with E-state index >= 15 is 0 Å². The third kappa shape index (κ3) is 4.36. The smallest absolute Gasteiger partial charge is 0.293 e. The van der Waals surface area contributed by atoms with E-state index in [0.717, 1.165) is 11.1 Å². The molecule has 0 saturated carbocycles. The normalized spacial score (nSPS) is 10.7. The minimum atomic E-state index is -1.04. The monoisotopic (exact) mass is 419 g/mol. The number of hydrogen-bond acceptors (Lipinski definition) is 4. The maximum Gasteiger partial charge on any atom is 0.293 e. The van der Waals surface area contributed by atoms with Crippen LogP contribution in [0, 0.1) is 0 Å². The molecule has 0 aliphatic carbocycles. The first-order valence-corrected chi connectivity index (χ1v) is 9.72. The molecule has 4 rings (SSSR count). The van der Waals surface area contributed by atoms with Crippen LogP contribution in [0.2, 0.25) is 0 Å². The van der Waals surface area contributed by atoms with E-state index in [0.29, 0.717) is 35.6 Å². The lowest BCUT2D eigenvalue weighted by atomic mass is 10.1. The van der Waals surface area contributed by atoms with Crippen molar-refractivity contribution in [1.29, 1.82) is 0 Å². The summed E-state index contributed by atoms with van der Waals surface area (Å²) < 4.78 is 12.0. The third-order valence-electron chi connectivity index (χ3n) is 4.64. The fourth-order valence-electron chi connectivity index (χ4n) is 3.12. The summed E-state index contributed by atoms with van der Waals surface area (Å²) in [6, 6.07) is 23.0. The Morgan fingerprint density at radius 1 is 0.800 bits per heavy atom. The summed E-state index contributed by atoms with van der Waals surface area (Å²) in [7, 11) is 0. The summed E-state index contributed by atoms with van der Waals surface area (Å²) in [5, 5.41) is -0.490. The lowest BCUT2D eigenvalue weighted by molar-refractivity contribution is -0.108. The number of aromatic amines is 1. The Kier molecular flexibility index (Phi) is 5.82. The number of carbonyl (C=O) groups excluding carboxylic acids is 2. The molecule has 0 aliphatic heterocycles. The molecule has 6 heteroatoms. The molecule has 1 N–H and O–H groups in total. The average Bonchev–Trinajstić information content (AvgIpc) is 3.19. The van der Waals surface area contributed by atoms with Gasteiger partial charge in [0, 0.05) is 17.6 Å². The molecule has 150 valence electrons. The summed E-state index contributed by atoms with van der Waals surface area (Å²) in [5.74, 6) is 0.230. The molecule has 0 aliphatic rings. The van der Waals surface area contributed by atoms with E-state index in [9.17, 15) is 9.59 Å². The first-order valence-electron chi connectivity index (χ1n) is 9.34. The number of Topliss-reactive ketones (excluding diaryl/α,β-unsaturated/α-hetero) is 1. The van der Waals surface area contributed by atoms with E-state index in [-0.39, 0.29) is 5.56 Å². The molecule has 0 fully saturated rings. The Balaban J connectivity index is 1.68. The molecule has 30 heavy (non-hydrogen) atoms. The van der Waals surface area contributed by atoms with Crippen molar-refractivity contribution in [2.75, 3.05) is 0 Å². The fraction of sp³-hybridized carbons (Fsp3) is 0.0833. The molecule has 1 aromatic heterocycles. The zero-order valence-corrected chi connectivity index (χ0v) is 16.7. The van der Waals surface area contributed by atoms with Crippen molar-refractivity contribution in [2.45, 2.75) is 13.2 Å². The van der Waals surface area contributed by atoms with Crippen molar-refractivity contribution in [2.24, 2.45) is 0 Å². The van der Waals surface area contributed by atoms with E-state index in [4.69, 9.17) is 21.1 Å². The molecule has 5 nitrogen and oxygen atoms in total. The van der Waals surface area contributed by atoms with Gasteiger partial charge >= 0.3 is 0 Å². The van der Waals surface area contributed by atoms with Gasteiger partial charge in [0.25, 0.3) is 5.24 Å². The van der Waals surface area contributed by atoms with Crippen LogP contribution in [0.3, 0.4) is 0 Å². The maximum atomic E-state index is 12.1. The molecule has 0 atom stereocenters. The van der Waals surface area contributed by atoms with Crippen LogP contribution in [-0.4, -0.2) is 16.0 Å². The van der Waals surface area contributed by atoms with Crippen LogP contribution < -0.4 is 9.47 Å². The van der Waals surface area contributed by atoms with Crippen LogP contribution in [0.15, 0.2) is 79.0 Å². The van der Waals surface area contributed by atoms with Crippen molar-refractivity contribution in [3.8, 4) is 11.5 Å². The number of H-pyrrole nitrogens is 1. The second kappa shape index (κ2) is 8.84. The highest BCUT2D eigenvalue weighted by Gasteiger charge is 2.20. The van der Waals surface area contributed by atoms with Gasteiger partial charge in [0.05, 0.1) is 11.1 Å². The predicted molar refractivity (Wildman–Crippen MR) is 115 cm³/mol. The van der Waals surface area contributed by atoms with E-state index < -0.39 is 11.0 Å². The van der Waals surface area contributed by atoms with Gasteiger partial charge in [-0.3, -0.25) is 9.59 Å². The largest absolute Gasteiger partial charge is 0.485 e. The fourth-order valence-corrected chi connectivity index (χ4v) is 3.22. The van der Waals surface area contributed by atoms with Gasteiger partial charge in [0.2, 0.25) is 5.78 Å². The van der Waals surface area contributed by atoms with E-state index in [2.05, 4.69) is 4.98 Å². The molecule has 0 spiro atoms. The molecule has 1 heterocycles. The number of fused-ring (bicyclic) bond motifs is 1. The summed E-state index contributed by atoms with van der Waals surface area (Å²) in [4.78, 5) is 26.5. The van der Waals surface area contributed by atoms with Crippen molar-refractivity contribution in [3.63, 3.8) is 0 Å². The number of ketones is 1. The average molecular weight is 420 g/mol. The number of benzene rings is 3. The van der Waals surface area contributed by atoms with Crippen molar-refractivity contribution in [3.05, 3.63) is 95.7 Å². The summed E-state index contributed by atoms with van der Waals surface area (Å²) in [5.41, 5.74) is 2.85. The van der Waals surface area contributed by atoms with Crippen LogP contribution >= 0.6 is 11.6 Å². The second-order valence-corrected chi connectivity index (χ2v) is 7.04. The van der Waals surface area contributed by atoms with Gasteiger partial charge in [0.15, 0.2) is 11.5 Å². The molecule has 0 saturated heterocycles. The van der Waals surface area contributed by atoms with Crippen LogP contribution in [0.25, 0.3) is 10.9 Å². The topological polar surface area (TPSA) is 68.4 Å². The Morgan fingerprint density at radius 2 is 1.33 bits per heavy atom. The quantitative estimate of drug-likeness (QED) is 0.240. The van der Waals surface area contributed by atoms with Gasteiger partial charge in [-0.15, -0.1) is 0 Å². The molecular weight excluding hydrogens is 402 g/mol. The minimum Gasteiger partial charge on any atom is -0.485 e. The van der Waals surface area contributed by atoms with Crippen LogP contribution in [-0.2, 0) is 18.0 Å². The van der Waals surface area contributed by atoms with Crippen LogP contribution in [0.4, 0.5) is 0 Å². The molecule has 3 aromatic carbocycles. The molecule has 4 aromatic rings. The molecule has 0 amide bonds. The maximum absolute atomic E-state index is 12.1. The first kappa shape index (κ1) is 19.7. The lowest BCUT2D eigenvalue weighted by Gasteiger charge is -2.14. The summed E-state index contributed by atoms with van der Waals surface area (Å²) in [6.45, 7) is 0.691. The molecule has 0 bridgehead atoms. The van der Waals surface area contributed by atoms with E-state index in [1.807, 2.05) is 60.7 Å². The number of halogens is 1. The third-order valence-corrected chi connectivity index (χ3v) is 4.82. The Labute approximate surface area is 178 Å². The van der Waals surface area contributed by atoms with Crippen LogP contribution in [0.5, 0.6) is 11.5 Å². The van der Waals surface area contributed by atoms with Crippen molar-refractivity contribution in [1.82, 2.24) is 4.98 Å². The van der Waals surface area contributed by atoms with Gasteiger partial charge < -0.3 is 14.5 Å². The van der Waals surface area contributed by atoms with Gasteiger partial charge in [-0.1, -0.05) is 60.7 Å². The minimum absolute atomic E-state index is 0.198. The van der Waals surface area contributed by atoms with Gasteiger partial charge in [0.1, 0.15) is 13.2 Å². The van der Waals surface area contributed by atoms with Gasteiger partial charge in [-0.2, -0.15) is 0 Å².